The van der Waals surface area contributed by atoms with Crippen LogP contribution >= 0.6 is 0 Å². The van der Waals surface area contributed by atoms with E-state index in [9.17, 15) is 8.42 Å². The van der Waals surface area contributed by atoms with E-state index in [4.69, 9.17) is 4.52 Å². The van der Waals surface area contributed by atoms with Gasteiger partial charge >= 0.3 is 0 Å². The lowest BCUT2D eigenvalue weighted by molar-refractivity contribution is 0.392. The van der Waals surface area contributed by atoms with Crippen molar-refractivity contribution in [3.8, 4) is 0 Å². The Hall–Kier alpha value is -0.920. The maximum atomic E-state index is 11.7. The molecule has 2 heterocycles. The Kier molecular flexibility index (Phi) is 3.27. The van der Waals surface area contributed by atoms with Crippen molar-refractivity contribution in [2.75, 3.05) is 13.1 Å². The predicted octanol–water partition coefficient (Wildman–Crippen LogP) is -0.236. The molecule has 0 amide bonds. The SMILES string of the molecule is Cc1cc(CS(=O)(=O)NC2CCNC2)no1. The molecule has 1 unspecified atom stereocenters. The van der Waals surface area contributed by atoms with Crippen LogP contribution in [0.15, 0.2) is 10.6 Å². The topological polar surface area (TPSA) is 84.2 Å². The quantitative estimate of drug-likeness (QED) is 0.765. The van der Waals surface area contributed by atoms with Gasteiger partial charge < -0.3 is 9.84 Å². The fourth-order valence-corrected chi connectivity index (χ4v) is 3.05. The smallest absolute Gasteiger partial charge is 0.217 e. The van der Waals surface area contributed by atoms with Crippen molar-refractivity contribution in [1.29, 1.82) is 0 Å². The van der Waals surface area contributed by atoms with E-state index in [1.54, 1.807) is 13.0 Å². The molecule has 1 atom stereocenters. The molecule has 0 aromatic carbocycles. The molecule has 0 spiro atoms. The summed E-state index contributed by atoms with van der Waals surface area (Å²) >= 11 is 0. The number of aryl methyl sites for hydroxylation is 1. The van der Waals surface area contributed by atoms with Crippen molar-refractivity contribution in [2.24, 2.45) is 0 Å². The predicted molar refractivity (Wildman–Crippen MR) is 58.3 cm³/mol. The summed E-state index contributed by atoms with van der Waals surface area (Å²) in [6.07, 6.45) is 0.830. The number of sulfonamides is 1. The second-order valence-corrected chi connectivity index (χ2v) is 5.75. The molecule has 90 valence electrons. The normalized spacial score (nSPS) is 21.4. The van der Waals surface area contributed by atoms with E-state index in [0.29, 0.717) is 18.0 Å². The van der Waals surface area contributed by atoms with E-state index in [-0.39, 0.29) is 11.8 Å². The number of rotatable bonds is 4. The van der Waals surface area contributed by atoms with Crippen LogP contribution in [0.25, 0.3) is 0 Å². The first-order valence-corrected chi connectivity index (χ1v) is 6.83. The van der Waals surface area contributed by atoms with Gasteiger partial charge in [-0.1, -0.05) is 5.16 Å². The van der Waals surface area contributed by atoms with Crippen LogP contribution in [0.1, 0.15) is 17.9 Å². The highest BCUT2D eigenvalue weighted by Crippen LogP contribution is 2.07. The summed E-state index contributed by atoms with van der Waals surface area (Å²) in [6.45, 7) is 3.28. The average molecular weight is 245 g/mol. The Labute approximate surface area is 94.4 Å². The molecule has 6 nitrogen and oxygen atoms in total. The maximum absolute atomic E-state index is 11.7. The van der Waals surface area contributed by atoms with E-state index in [1.807, 2.05) is 0 Å². The van der Waals surface area contributed by atoms with Crippen molar-refractivity contribution < 1.29 is 12.9 Å². The third kappa shape index (κ3) is 3.03. The van der Waals surface area contributed by atoms with Gasteiger partial charge in [-0.3, -0.25) is 0 Å². The van der Waals surface area contributed by atoms with Gasteiger partial charge in [-0.25, -0.2) is 13.1 Å². The molecule has 16 heavy (non-hydrogen) atoms. The van der Waals surface area contributed by atoms with Crippen LogP contribution in [-0.4, -0.2) is 32.7 Å². The van der Waals surface area contributed by atoms with E-state index in [2.05, 4.69) is 15.2 Å². The van der Waals surface area contributed by atoms with Gasteiger partial charge in [0.05, 0.1) is 0 Å². The number of nitrogens with zero attached hydrogens (tertiary/aromatic N) is 1. The highest BCUT2D eigenvalue weighted by atomic mass is 32.2. The van der Waals surface area contributed by atoms with Crippen LogP contribution in [-0.2, 0) is 15.8 Å². The van der Waals surface area contributed by atoms with Crippen LogP contribution in [0.4, 0.5) is 0 Å². The lowest BCUT2D eigenvalue weighted by Gasteiger charge is -2.10. The molecule has 1 aliphatic rings. The molecule has 1 aliphatic heterocycles. The largest absolute Gasteiger partial charge is 0.361 e. The third-order valence-electron chi connectivity index (χ3n) is 2.42. The second kappa shape index (κ2) is 4.52. The zero-order valence-corrected chi connectivity index (χ0v) is 9.88. The average Bonchev–Trinajstić information content (AvgIpc) is 2.76. The minimum absolute atomic E-state index is 0.00185. The number of hydrogen-bond donors (Lipinski definition) is 2. The van der Waals surface area contributed by atoms with E-state index in [1.165, 1.54) is 0 Å². The molecule has 1 saturated heterocycles. The highest BCUT2D eigenvalue weighted by molar-refractivity contribution is 7.88. The summed E-state index contributed by atoms with van der Waals surface area (Å²) in [6, 6.07) is 1.63. The summed E-state index contributed by atoms with van der Waals surface area (Å²) in [5.74, 6) is 0.494. The summed E-state index contributed by atoms with van der Waals surface area (Å²) in [4.78, 5) is 0. The number of hydrogen-bond acceptors (Lipinski definition) is 5. The van der Waals surface area contributed by atoms with Crippen LogP contribution < -0.4 is 10.0 Å². The minimum atomic E-state index is -3.32. The molecule has 2 N–H and O–H groups in total. The summed E-state index contributed by atoms with van der Waals surface area (Å²) in [7, 11) is -3.32. The first kappa shape index (κ1) is 11.6. The lowest BCUT2D eigenvalue weighted by atomic mass is 10.3. The number of nitrogens with one attached hydrogen (secondary N) is 2. The van der Waals surface area contributed by atoms with Crippen molar-refractivity contribution in [2.45, 2.75) is 25.1 Å². The van der Waals surface area contributed by atoms with E-state index < -0.39 is 10.0 Å². The van der Waals surface area contributed by atoms with Crippen molar-refractivity contribution in [3.63, 3.8) is 0 Å². The van der Waals surface area contributed by atoms with Gasteiger partial charge in [0.15, 0.2) is 0 Å². The monoisotopic (exact) mass is 245 g/mol. The Bertz CT molecular complexity index is 448. The van der Waals surface area contributed by atoms with Gasteiger partial charge in [0.25, 0.3) is 0 Å². The molecule has 1 fully saturated rings. The highest BCUT2D eigenvalue weighted by Gasteiger charge is 2.22. The Morgan fingerprint density at radius 2 is 2.50 bits per heavy atom. The van der Waals surface area contributed by atoms with E-state index in [0.717, 1.165) is 13.0 Å². The van der Waals surface area contributed by atoms with Gasteiger partial charge in [-0.2, -0.15) is 0 Å². The lowest BCUT2D eigenvalue weighted by Crippen LogP contribution is -2.36. The first-order chi connectivity index (χ1) is 7.55. The zero-order valence-electron chi connectivity index (χ0n) is 9.06. The summed E-state index contributed by atoms with van der Waals surface area (Å²) < 4.78 is 31.0. The molecule has 0 bridgehead atoms. The molecule has 1 aromatic rings. The maximum Gasteiger partial charge on any atom is 0.217 e. The molecule has 2 rings (SSSR count). The summed E-state index contributed by atoms with van der Waals surface area (Å²) in [5, 5.41) is 6.77. The van der Waals surface area contributed by atoms with Crippen LogP contribution in [0.3, 0.4) is 0 Å². The van der Waals surface area contributed by atoms with Gasteiger partial charge in [-0.05, 0) is 19.9 Å². The third-order valence-corrected chi connectivity index (χ3v) is 3.79. The molecule has 7 heteroatoms. The minimum Gasteiger partial charge on any atom is -0.361 e. The first-order valence-electron chi connectivity index (χ1n) is 5.18. The molecule has 1 aromatic heterocycles. The van der Waals surface area contributed by atoms with Crippen molar-refractivity contribution in [3.05, 3.63) is 17.5 Å². The van der Waals surface area contributed by atoms with Crippen molar-refractivity contribution in [1.82, 2.24) is 15.2 Å². The molecule has 0 aliphatic carbocycles. The van der Waals surface area contributed by atoms with Crippen LogP contribution in [0, 0.1) is 6.92 Å². The Balaban J connectivity index is 1.96. The number of aromatic nitrogens is 1. The van der Waals surface area contributed by atoms with Gasteiger partial charge in [0, 0.05) is 18.7 Å². The van der Waals surface area contributed by atoms with Gasteiger partial charge in [0.1, 0.15) is 17.2 Å². The van der Waals surface area contributed by atoms with E-state index >= 15 is 0 Å². The molecular weight excluding hydrogens is 230 g/mol. The summed E-state index contributed by atoms with van der Waals surface area (Å²) in [5.41, 5.74) is 0.441. The second-order valence-electron chi connectivity index (χ2n) is 4.00. The van der Waals surface area contributed by atoms with Gasteiger partial charge in [-0.15, -0.1) is 0 Å². The molecule has 0 radical (unpaired) electrons. The van der Waals surface area contributed by atoms with Crippen LogP contribution in [0.5, 0.6) is 0 Å². The van der Waals surface area contributed by atoms with Gasteiger partial charge in [0.2, 0.25) is 10.0 Å². The zero-order chi connectivity index (χ0) is 11.6. The fourth-order valence-electron chi connectivity index (χ4n) is 1.73. The Morgan fingerprint density at radius 3 is 3.06 bits per heavy atom. The molecular formula is C9H15N3O3S. The molecule has 0 saturated carbocycles. The van der Waals surface area contributed by atoms with Crippen molar-refractivity contribution >= 4 is 10.0 Å². The Morgan fingerprint density at radius 1 is 1.69 bits per heavy atom. The fraction of sp³-hybridized carbons (Fsp3) is 0.667. The van der Waals surface area contributed by atoms with Crippen LogP contribution in [0.2, 0.25) is 0 Å². The standard InChI is InChI=1S/C9H15N3O3S/c1-7-4-9(11-15-7)6-16(13,14)12-8-2-3-10-5-8/h4,8,10,12H,2-3,5-6H2,1H3.